The first-order chi connectivity index (χ1) is 20.4. The van der Waals surface area contributed by atoms with E-state index in [0.29, 0.717) is 26.9 Å². The normalized spacial score (nSPS) is 12.9. The van der Waals surface area contributed by atoms with Crippen LogP contribution in [0.4, 0.5) is 13.2 Å². The van der Waals surface area contributed by atoms with Gasteiger partial charge in [0.05, 0.1) is 16.3 Å². The number of alkyl halides is 3. The second-order valence-electron chi connectivity index (χ2n) is 10.0. The third-order valence-corrected chi connectivity index (χ3v) is 7.77. The minimum Gasteiger partial charge on any atom is -0.172 e. The van der Waals surface area contributed by atoms with Gasteiger partial charge >= 0.3 is 6.18 Å². The summed E-state index contributed by atoms with van der Waals surface area (Å²) in [5.74, 6) is 0. The van der Waals surface area contributed by atoms with E-state index < -0.39 is 11.7 Å². The molecule has 0 saturated heterocycles. The fourth-order valence-corrected chi connectivity index (χ4v) is 5.86. The number of halogens is 3. The standard InChI is InChI=1S/C35H17F3N4/c36-35(37,38)24-11-13-26-28-17-31-27(16-32(28)34(42-19-40)30(26)15-24)25-12-10-23(14-29(25)33(31)41-18-39)22-8-6-21(7-9-22)20-4-2-1-3-5-20/h1-17H. The zero-order chi connectivity index (χ0) is 29.0. The summed E-state index contributed by atoms with van der Waals surface area (Å²) >= 11 is 0. The maximum Gasteiger partial charge on any atom is 0.416 e. The molecule has 0 aliphatic carbocycles. The summed E-state index contributed by atoms with van der Waals surface area (Å²) in [5.41, 5.74) is 3.38. The lowest BCUT2D eigenvalue weighted by Crippen LogP contribution is -2.06. The molecule has 0 radical (unpaired) electrons. The van der Waals surface area contributed by atoms with Crippen molar-refractivity contribution in [2.24, 2.45) is 9.98 Å². The van der Waals surface area contributed by atoms with Crippen LogP contribution in [-0.2, 0) is 6.18 Å². The second kappa shape index (κ2) is 9.40. The van der Waals surface area contributed by atoms with Crippen LogP contribution in [0.1, 0.15) is 5.56 Å². The quantitative estimate of drug-likeness (QED) is 0.203. The molecule has 0 aliphatic heterocycles. The van der Waals surface area contributed by atoms with Gasteiger partial charge in [0, 0.05) is 21.5 Å². The third kappa shape index (κ3) is 3.91. The van der Waals surface area contributed by atoms with E-state index in [1.807, 2.05) is 54.7 Å². The van der Waals surface area contributed by atoms with Crippen LogP contribution in [-0.4, -0.2) is 0 Å². The van der Waals surface area contributed by atoms with Crippen molar-refractivity contribution in [1.29, 1.82) is 10.5 Å². The van der Waals surface area contributed by atoms with E-state index in [1.165, 1.54) is 6.07 Å². The Balaban J connectivity index is 1.47. The van der Waals surface area contributed by atoms with E-state index in [2.05, 4.69) is 46.4 Å². The highest BCUT2D eigenvalue weighted by atomic mass is 19.4. The zero-order valence-corrected chi connectivity index (χ0v) is 21.7. The van der Waals surface area contributed by atoms with Gasteiger partial charge in [-0.25, -0.2) is 0 Å². The van der Waals surface area contributed by atoms with E-state index in [9.17, 15) is 23.7 Å². The molecule has 198 valence electrons. The molecule has 7 aromatic carbocycles. The molecule has 0 atom stereocenters. The number of benzene rings is 5. The molecular formula is C35H17F3N4. The molecule has 0 spiro atoms. The van der Waals surface area contributed by atoms with Gasteiger partial charge in [0.15, 0.2) is 0 Å². The first kappa shape index (κ1) is 25.2. The smallest absolute Gasteiger partial charge is 0.172 e. The Morgan fingerprint density at radius 1 is 0.452 bits per heavy atom. The van der Waals surface area contributed by atoms with Crippen molar-refractivity contribution in [2.75, 3.05) is 0 Å². The molecule has 7 aromatic rings. The van der Waals surface area contributed by atoms with E-state index >= 15 is 0 Å². The molecule has 0 aliphatic rings. The van der Waals surface area contributed by atoms with Gasteiger partial charge in [-0.3, -0.25) is 0 Å². The number of nitrogens with zero attached hydrogens (tertiary/aromatic N) is 4. The fraction of sp³-hybridized carbons (Fsp3) is 0.0286. The van der Waals surface area contributed by atoms with Crippen LogP contribution in [0, 0.1) is 22.9 Å². The largest absolute Gasteiger partial charge is 0.416 e. The highest BCUT2D eigenvalue weighted by Gasteiger charge is 2.31. The summed E-state index contributed by atoms with van der Waals surface area (Å²) in [6.45, 7) is 0. The van der Waals surface area contributed by atoms with Crippen molar-refractivity contribution in [3.8, 4) is 34.6 Å². The van der Waals surface area contributed by atoms with E-state index in [4.69, 9.17) is 0 Å². The predicted molar refractivity (Wildman–Crippen MR) is 157 cm³/mol. The highest BCUT2D eigenvalue weighted by molar-refractivity contribution is 6.21. The molecule has 4 nitrogen and oxygen atoms in total. The predicted octanol–water partition coefficient (Wildman–Crippen LogP) is 8.29. The van der Waals surface area contributed by atoms with E-state index in [1.54, 1.807) is 6.19 Å². The number of hydrogen-bond acceptors (Lipinski definition) is 4. The Kier molecular flexibility index (Phi) is 5.64. The SMILES string of the molecule is N#CN=c1c2cc(-c3ccc(-c4ccccc4)cc3)ccc2c2cc3c(=NC#N)c4cc(C(F)(F)F)ccc4c3cc12. The van der Waals surface area contributed by atoms with Crippen LogP contribution < -0.4 is 10.7 Å². The van der Waals surface area contributed by atoms with Crippen LogP contribution in [0.3, 0.4) is 0 Å². The van der Waals surface area contributed by atoms with Crippen molar-refractivity contribution in [3.63, 3.8) is 0 Å². The number of hydrogen-bond donors (Lipinski definition) is 0. The Bertz CT molecular complexity index is 2400. The van der Waals surface area contributed by atoms with E-state index in [0.717, 1.165) is 50.5 Å². The third-order valence-electron chi connectivity index (χ3n) is 7.77. The summed E-state index contributed by atoms with van der Waals surface area (Å²) in [7, 11) is 0. The molecule has 0 bridgehead atoms. The molecule has 0 amide bonds. The van der Waals surface area contributed by atoms with Gasteiger partial charge in [-0.15, -0.1) is 0 Å². The lowest BCUT2D eigenvalue weighted by Gasteiger charge is -2.06. The van der Waals surface area contributed by atoms with Gasteiger partial charge in [0.2, 0.25) is 12.4 Å². The van der Waals surface area contributed by atoms with Crippen LogP contribution in [0.15, 0.2) is 113 Å². The van der Waals surface area contributed by atoms with Crippen molar-refractivity contribution < 1.29 is 13.2 Å². The van der Waals surface area contributed by atoms with Gasteiger partial charge < -0.3 is 0 Å². The lowest BCUT2D eigenvalue weighted by molar-refractivity contribution is -0.137. The lowest BCUT2D eigenvalue weighted by atomic mass is 9.99. The molecule has 0 unspecified atom stereocenters. The van der Waals surface area contributed by atoms with Crippen molar-refractivity contribution >= 4 is 43.1 Å². The summed E-state index contributed by atoms with van der Waals surface area (Å²) in [5, 5.41) is 24.7. The Morgan fingerprint density at radius 2 is 0.905 bits per heavy atom. The molecule has 0 N–H and O–H groups in total. The van der Waals surface area contributed by atoms with Gasteiger partial charge in [0.1, 0.15) is 0 Å². The first-order valence-corrected chi connectivity index (χ1v) is 13.0. The van der Waals surface area contributed by atoms with Crippen LogP contribution >= 0.6 is 0 Å². The first-order valence-electron chi connectivity index (χ1n) is 13.0. The molecule has 7 rings (SSSR count). The second-order valence-corrected chi connectivity index (χ2v) is 10.0. The highest BCUT2D eigenvalue weighted by Crippen LogP contribution is 2.36. The van der Waals surface area contributed by atoms with Crippen LogP contribution in [0.25, 0.3) is 65.3 Å². The maximum absolute atomic E-state index is 13.5. The fourth-order valence-electron chi connectivity index (χ4n) is 5.86. The van der Waals surface area contributed by atoms with Crippen LogP contribution in [0.2, 0.25) is 0 Å². The Morgan fingerprint density at radius 3 is 1.45 bits per heavy atom. The number of rotatable bonds is 2. The molecule has 0 saturated carbocycles. The Labute approximate surface area is 236 Å². The molecule has 0 fully saturated rings. The average Bonchev–Trinajstić information content (AvgIpc) is 3.47. The van der Waals surface area contributed by atoms with Crippen molar-refractivity contribution in [3.05, 3.63) is 119 Å². The summed E-state index contributed by atoms with van der Waals surface area (Å²) in [6.07, 6.45) is -0.875. The molecule has 42 heavy (non-hydrogen) atoms. The molecular weight excluding hydrogens is 533 g/mol. The van der Waals surface area contributed by atoms with Gasteiger partial charge in [0.25, 0.3) is 0 Å². The zero-order valence-electron chi connectivity index (χ0n) is 21.7. The minimum absolute atomic E-state index is 0.193. The van der Waals surface area contributed by atoms with Gasteiger partial charge in [-0.05, 0) is 74.1 Å². The summed E-state index contributed by atoms with van der Waals surface area (Å²) in [6, 6.07) is 31.4. The van der Waals surface area contributed by atoms with Gasteiger partial charge in [-0.2, -0.15) is 33.7 Å². The number of fused-ring (bicyclic) bond motifs is 6. The Hall–Kier alpha value is -5.79. The average molecular weight is 551 g/mol. The van der Waals surface area contributed by atoms with Crippen LogP contribution in [0.5, 0.6) is 0 Å². The molecule has 0 heterocycles. The topological polar surface area (TPSA) is 72.3 Å². The van der Waals surface area contributed by atoms with Gasteiger partial charge in [-0.1, -0.05) is 72.8 Å². The maximum atomic E-state index is 13.5. The molecule has 7 heteroatoms. The summed E-state index contributed by atoms with van der Waals surface area (Å²) in [4.78, 5) is 8.09. The monoisotopic (exact) mass is 550 g/mol. The van der Waals surface area contributed by atoms with Crippen molar-refractivity contribution in [2.45, 2.75) is 6.18 Å². The summed E-state index contributed by atoms with van der Waals surface area (Å²) < 4.78 is 40.5. The minimum atomic E-state index is -4.53. The van der Waals surface area contributed by atoms with Crippen molar-refractivity contribution in [1.82, 2.24) is 0 Å². The van der Waals surface area contributed by atoms with E-state index in [-0.39, 0.29) is 10.7 Å². The number of nitriles is 2. The molecule has 0 aromatic heterocycles.